The molecule has 36 heavy (non-hydrogen) atoms. The number of morpholine rings is 1. The molecule has 194 valence electrons. The van der Waals surface area contributed by atoms with Crippen molar-refractivity contribution in [3.05, 3.63) is 40.9 Å². The van der Waals surface area contributed by atoms with E-state index in [0.717, 1.165) is 55.7 Å². The number of nitrogens with zero attached hydrogens (tertiary/aromatic N) is 4. The number of nitrogens with one attached hydrogen (secondary N) is 2. The molecule has 5 rings (SSSR count). The monoisotopic (exact) mass is 528 g/mol. The molecule has 7 nitrogen and oxygen atoms in total. The Hall–Kier alpha value is -2.16. The van der Waals surface area contributed by atoms with E-state index in [1.165, 1.54) is 37.7 Å². The van der Waals surface area contributed by atoms with Crippen LogP contribution < -0.4 is 20.4 Å². The zero-order valence-corrected chi connectivity index (χ0v) is 22.7. The quantitative estimate of drug-likeness (QED) is 0.499. The van der Waals surface area contributed by atoms with Gasteiger partial charge in [0.15, 0.2) is 5.11 Å². The molecule has 0 radical (unpaired) electrons. The van der Waals surface area contributed by atoms with Crippen LogP contribution >= 0.6 is 23.8 Å². The Morgan fingerprint density at radius 1 is 1.08 bits per heavy atom. The number of halogens is 1. The predicted molar refractivity (Wildman–Crippen MR) is 152 cm³/mol. The van der Waals surface area contributed by atoms with Crippen molar-refractivity contribution in [1.29, 1.82) is 0 Å². The van der Waals surface area contributed by atoms with Gasteiger partial charge in [0.05, 0.1) is 13.2 Å². The summed E-state index contributed by atoms with van der Waals surface area (Å²) >= 11 is 12.1. The molecule has 0 amide bonds. The molecule has 1 aromatic heterocycles. The van der Waals surface area contributed by atoms with Crippen molar-refractivity contribution in [2.45, 2.75) is 63.3 Å². The topological polar surface area (TPSA) is 65.6 Å². The fourth-order valence-electron chi connectivity index (χ4n) is 5.85. The van der Waals surface area contributed by atoms with Crippen LogP contribution in [0.15, 0.2) is 30.3 Å². The molecule has 2 aromatic rings. The molecule has 1 saturated carbocycles. The minimum atomic E-state index is 0.0432. The molecule has 2 saturated heterocycles. The summed E-state index contributed by atoms with van der Waals surface area (Å²) in [6, 6.07) is 10.9. The second kappa shape index (κ2) is 11.5. The summed E-state index contributed by atoms with van der Waals surface area (Å²) in [5.74, 6) is 2.44. The van der Waals surface area contributed by atoms with Crippen LogP contribution in [0.25, 0.3) is 0 Å². The summed E-state index contributed by atoms with van der Waals surface area (Å²) < 4.78 is 5.56. The average Bonchev–Trinajstić information content (AvgIpc) is 3.38. The third-order valence-corrected chi connectivity index (χ3v) is 8.42. The second-order valence-corrected chi connectivity index (χ2v) is 11.2. The van der Waals surface area contributed by atoms with Crippen LogP contribution in [0, 0.1) is 0 Å². The standard InChI is InChI=1S/C27H37ClN6OS/c1-20-7-2-5-12-34(20)24-18-23(33-13-15-35-16-14-33)30-25(31-24)32-26(36)29-19-27(10-3-4-11-27)21-8-6-9-22(28)17-21/h6,8-9,17-18,20H,2-5,7,10-16,19H2,1H3,(H2,29,30,31,32,36)/t20-/m0/s1. The highest BCUT2D eigenvalue weighted by Crippen LogP contribution is 2.41. The fraction of sp³-hybridized carbons (Fsp3) is 0.593. The molecule has 9 heteroatoms. The van der Waals surface area contributed by atoms with Gasteiger partial charge < -0.3 is 25.2 Å². The highest BCUT2D eigenvalue weighted by molar-refractivity contribution is 7.80. The molecule has 2 aliphatic heterocycles. The van der Waals surface area contributed by atoms with E-state index in [1.54, 1.807) is 0 Å². The highest BCUT2D eigenvalue weighted by atomic mass is 35.5. The molecule has 1 atom stereocenters. The number of ether oxygens (including phenoxy) is 1. The highest BCUT2D eigenvalue weighted by Gasteiger charge is 2.36. The number of rotatable bonds is 6. The van der Waals surface area contributed by atoms with Gasteiger partial charge in [-0.2, -0.15) is 9.97 Å². The predicted octanol–water partition coefficient (Wildman–Crippen LogP) is 5.14. The SMILES string of the molecule is C[C@H]1CCCCN1c1cc(N2CCOCC2)nc(NC(=S)NCC2(c3cccc(Cl)c3)CCCC2)n1. The number of thiocarbonyl (C=S) groups is 1. The van der Waals surface area contributed by atoms with Gasteiger partial charge in [-0.3, -0.25) is 0 Å². The van der Waals surface area contributed by atoms with Crippen LogP contribution in [-0.4, -0.2) is 60.5 Å². The van der Waals surface area contributed by atoms with Crippen molar-refractivity contribution in [2.24, 2.45) is 0 Å². The average molecular weight is 529 g/mol. The molecule has 1 aromatic carbocycles. The van der Waals surface area contributed by atoms with Crippen molar-refractivity contribution in [3.63, 3.8) is 0 Å². The number of benzene rings is 1. The van der Waals surface area contributed by atoms with E-state index in [0.29, 0.717) is 30.3 Å². The number of anilines is 3. The number of hydrogen-bond acceptors (Lipinski definition) is 6. The first kappa shape index (κ1) is 25.5. The molecule has 1 aliphatic carbocycles. The fourth-order valence-corrected chi connectivity index (χ4v) is 6.20. The van der Waals surface area contributed by atoms with Crippen molar-refractivity contribution in [1.82, 2.24) is 15.3 Å². The van der Waals surface area contributed by atoms with E-state index < -0.39 is 0 Å². The van der Waals surface area contributed by atoms with E-state index in [1.807, 2.05) is 12.1 Å². The van der Waals surface area contributed by atoms with Crippen molar-refractivity contribution >= 4 is 46.5 Å². The minimum Gasteiger partial charge on any atom is -0.378 e. The van der Waals surface area contributed by atoms with Gasteiger partial charge in [0.25, 0.3) is 0 Å². The Labute approximate surface area is 225 Å². The zero-order chi connectivity index (χ0) is 25.0. The summed E-state index contributed by atoms with van der Waals surface area (Å²) in [5.41, 5.74) is 1.33. The number of piperidine rings is 1. The number of hydrogen-bond donors (Lipinski definition) is 2. The largest absolute Gasteiger partial charge is 0.378 e. The van der Waals surface area contributed by atoms with Crippen LogP contribution in [-0.2, 0) is 10.2 Å². The first-order chi connectivity index (χ1) is 17.5. The second-order valence-electron chi connectivity index (χ2n) is 10.4. The summed E-state index contributed by atoms with van der Waals surface area (Å²) in [4.78, 5) is 14.5. The molecule has 2 N–H and O–H groups in total. The van der Waals surface area contributed by atoms with E-state index in [9.17, 15) is 0 Å². The summed E-state index contributed by atoms with van der Waals surface area (Å²) in [6.07, 6.45) is 8.34. The van der Waals surface area contributed by atoms with Crippen LogP contribution in [0.5, 0.6) is 0 Å². The Morgan fingerprint density at radius 3 is 2.61 bits per heavy atom. The first-order valence-corrected chi connectivity index (χ1v) is 14.1. The number of aromatic nitrogens is 2. The van der Waals surface area contributed by atoms with E-state index >= 15 is 0 Å². The summed E-state index contributed by atoms with van der Waals surface area (Å²) in [5, 5.41) is 8.14. The van der Waals surface area contributed by atoms with Gasteiger partial charge in [0, 0.05) is 48.7 Å². The molecule has 3 aliphatic rings. The van der Waals surface area contributed by atoms with Crippen LogP contribution in [0.3, 0.4) is 0 Å². The van der Waals surface area contributed by atoms with Crippen LogP contribution in [0.1, 0.15) is 57.4 Å². The van der Waals surface area contributed by atoms with E-state index in [4.69, 9.17) is 38.5 Å². The lowest BCUT2D eigenvalue weighted by Crippen LogP contribution is -2.42. The van der Waals surface area contributed by atoms with Gasteiger partial charge in [0.1, 0.15) is 11.6 Å². The lowest BCUT2D eigenvalue weighted by atomic mass is 9.79. The molecule has 3 heterocycles. The lowest BCUT2D eigenvalue weighted by molar-refractivity contribution is 0.122. The van der Waals surface area contributed by atoms with Crippen molar-refractivity contribution < 1.29 is 4.74 Å². The van der Waals surface area contributed by atoms with Crippen molar-refractivity contribution in [3.8, 4) is 0 Å². The van der Waals surface area contributed by atoms with Gasteiger partial charge >= 0.3 is 0 Å². The van der Waals surface area contributed by atoms with Crippen molar-refractivity contribution in [2.75, 3.05) is 54.5 Å². The lowest BCUT2D eigenvalue weighted by Gasteiger charge is -2.35. The molecular weight excluding hydrogens is 492 g/mol. The Kier molecular flexibility index (Phi) is 8.13. The van der Waals surface area contributed by atoms with Gasteiger partial charge in [-0.1, -0.05) is 36.6 Å². The van der Waals surface area contributed by atoms with Crippen LogP contribution in [0.4, 0.5) is 17.6 Å². The third kappa shape index (κ3) is 5.87. The summed E-state index contributed by atoms with van der Waals surface area (Å²) in [6.45, 7) is 7.16. The minimum absolute atomic E-state index is 0.0432. The van der Waals surface area contributed by atoms with Crippen LogP contribution in [0.2, 0.25) is 5.02 Å². The van der Waals surface area contributed by atoms with Gasteiger partial charge in [-0.05, 0) is 68.9 Å². The molecule has 0 spiro atoms. The maximum atomic E-state index is 6.33. The van der Waals surface area contributed by atoms with Gasteiger partial charge in [-0.15, -0.1) is 0 Å². The van der Waals surface area contributed by atoms with Gasteiger partial charge in [-0.25, -0.2) is 0 Å². The maximum absolute atomic E-state index is 6.33. The summed E-state index contributed by atoms with van der Waals surface area (Å²) in [7, 11) is 0. The normalized spacial score (nSPS) is 21.9. The molecule has 3 fully saturated rings. The Morgan fingerprint density at radius 2 is 1.86 bits per heavy atom. The molecule has 0 unspecified atom stereocenters. The zero-order valence-electron chi connectivity index (χ0n) is 21.1. The Balaban J connectivity index is 1.33. The Bertz CT molecular complexity index is 1060. The van der Waals surface area contributed by atoms with E-state index in [2.05, 4.69) is 45.6 Å². The maximum Gasteiger partial charge on any atom is 0.232 e. The molecule has 0 bridgehead atoms. The smallest absolute Gasteiger partial charge is 0.232 e. The first-order valence-electron chi connectivity index (χ1n) is 13.3. The molecular formula is C27H37ClN6OS. The third-order valence-electron chi connectivity index (χ3n) is 7.94. The van der Waals surface area contributed by atoms with E-state index in [-0.39, 0.29) is 5.41 Å². The van der Waals surface area contributed by atoms with Gasteiger partial charge in [0.2, 0.25) is 5.95 Å².